The smallest absolute Gasteiger partial charge is 0.243 e. The van der Waals surface area contributed by atoms with Crippen molar-refractivity contribution in [2.24, 2.45) is 0 Å². The molecular weight excluding hydrogens is 354 g/mol. The van der Waals surface area contributed by atoms with E-state index in [1.54, 1.807) is 30.5 Å². The van der Waals surface area contributed by atoms with Crippen molar-refractivity contribution >= 4 is 10.0 Å². The molecule has 1 heterocycles. The van der Waals surface area contributed by atoms with E-state index in [4.69, 9.17) is 14.7 Å². The molecule has 0 atom stereocenters. The summed E-state index contributed by atoms with van der Waals surface area (Å²) in [7, 11) is -0.850. The Kier molecular flexibility index (Phi) is 6.95. The summed E-state index contributed by atoms with van der Waals surface area (Å²) in [6, 6.07) is 11.8. The number of ether oxygens (including phenoxy) is 2. The maximum Gasteiger partial charge on any atom is 0.243 e. The van der Waals surface area contributed by atoms with E-state index in [1.165, 1.54) is 30.7 Å². The fourth-order valence-corrected chi connectivity index (χ4v) is 3.88. The van der Waals surface area contributed by atoms with E-state index in [1.807, 2.05) is 6.07 Å². The molecule has 26 heavy (non-hydrogen) atoms. The van der Waals surface area contributed by atoms with E-state index in [2.05, 4.69) is 4.98 Å². The minimum absolute atomic E-state index is 0.100. The van der Waals surface area contributed by atoms with Gasteiger partial charge in [-0.1, -0.05) is 6.07 Å². The minimum atomic E-state index is -3.79. The third kappa shape index (κ3) is 4.71. The van der Waals surface area contributed by atoms with Gasteiger partial charge in [-0.15, -0.1) is 0 Å². The topological polar surface area (TPSA) is 92.5 Å². The molecule has 0 aliphatic heterocycles. The number of hydrogen-bond acceptors (Lipinski definition) is 6. The molecule has 2 rings (SSSR count). The molecule has 1 aromatic heterocycles. The molecular formula is C18H21N3O4S. The zero-order valence-corrected chi connectivity index (χ0v) is 15.6. The van der Waals surface area contributed by atoms with E-state index in [-0.39, 0.29) is 24.4 Å². The number of sulfonamides is 1. The lowest BCUT2D eigenvalue weighted by Gasteiger charge is -2.22. The summed E-state index contributed by atoms with van der Waals surface area (Å²) in [5, 5.41) is 8.75. The van der Waals surface area contributed by atoms with Crippen LogP contribution in [-0.2, 0) is 16.6 Å². The zero-order chi connectivity index (χ0) is 19.0. The number of methoxy groups -OCH3 is 2. The van der Waals surface area contributed by atoms with Gasteiger partial charge in [0.25, 0.3) is 0 Å². The molecule has 0 aliphatic rings. The van der Waals surface area contributed by atoms with Gasteiger partial charge in [-0.05, 0) is 30.7 Å². The van der Waals surface area contributed by atoms with Crippen LogP contribution < -0.4 is 9.47 Å². The van der Waals surface area contributed by atoms with E-state index in [0.717, 1.165) is 0 Å². The highest BCUT2D eigenvalue weighted by Gasteiger charge is 2.26. The van der Waals surface area contributed by atoms with Gasteiger partial charge in [-0.25, -0.2) is 8.42 Å². The highest BCUT2D eigenvalue weighted by atomic mass is 32.2. The first kappa shape index (κ1) is 19.7. The molecule has 0 amide bonds. The number of nitrogens with zero attached hydrogens (tertiary/aromatic N) is 3. The van der Waals surface area contributed by atoms with Crippen LogP contribution in [0.1, 0.15) is 18.5 Å². The first-order valence-corrected chi connectivity index (χ1v) is 9.46. The van der Waals surface area contributed by atoms with Gasteiger partial charge in [-0.3, -0.25) is 4.98 Å². The lowest BCUT2D eigenvalue weighted by atomic mass is 10.3. The van der Waals surface area contributed by atoms with Gasteiger partial charge in [0.05, 0.1) is 37.4 Å². The fourth-order valence-electron chi connectivity index (χ4n) is 2.42. The Hall–Kier alpha value is -2.63. The highest BCUT2D eigenvalue weighted by Crippen LogP contribution is 2.31. The Morgan fingerprint density at radius 2 is 1.92 bits per heavy atom. The number of aromatic nitrogens is 1. The van der Waals surface area contributed by atoms with Crippen LogP contribution >= 0.6 is 0 Å². The Morgan fingerprint density at radius 3 is 2.54 bits per heavy atom. The molecule has 0 N–H and O–H groups in total. The van der Waals surface area contributed by atoms with Crippen LogP contribution in [0.15, 0.2) is 47.5 Å². The molecule has 0 saturated carbocycles. The van der Waals surface area contributed by atoms with Gasteiger partial charge in [0.15, 0.2) is 11.5 Å². The summed E-state index contributed by atoms with van der Waals surface area (Å²) in [5.41, 5.74) is 0.633. The molecule has 0 bridgehead atoms. The number of unbranched alkanes of at least 4 members (excludes halogenated alkanes) is 1. The average Bonchev–Trinajstić information content (AvgIpc) is 2.67. The summed E-state index contributed by atoms with van der Waals surface area (Å²) >= 11 is 0. The monoisotopic (exact) mass is 375 g/mol. The first-order valence-electron chi connectivity index (χ1n) is 8.02. The predicted molar refractivity (Wildman–Crippen MR) is 96.2 cm³/mol. The second-order valence-corrected chi connectivity index (χ2v) is 7.38. The largest absolute Gasteiger partial charge is 0.493 e. The summed E-state index contributed by atoms with van der Waals surface area (Å²) in [4.78, 5) is 4.30. The number of nitriles is 1. The zero-order valence-electron chi connectivity index (χ0n) is 14.8. The fraction of sp³-hybridized carbons (Fsp3) is 0.333. The van der Waals surface area contributed by atoms with E-state index >= 15 is 0 Å². The molecule has 0 saturated heterocycles. The van der Waals surface area contributed by atoms with Gasteiger partial charge in [0, 0.05) is 25.2 Å². The van der Waals surface area contributed by atoms with Crippen molar-refractivity contribution in [2.75, 3.05) is 20.8 Å². The van der Waals surface area contributed by atoms with Crippen molar-refractivity contribution in [2.45, 2.75) is 24.3 Å². The van der Waals surface area contributed by atoms with Crippen LogP contribution in [0, 0.1) is 11.3 Å². The number of hydrogen-bond donors (Lipinski definition) is 0. The van der Waals surface area contributed by atoms with Crippen molar-refractivity contribution in [3.63, 3.8) is 0 Å². The van der Waals surface area contributed by atoms with Crippen LogP contribution in [0.25, 0.3) is 0 Å². The molecule has 8 heteroatoms. The molecule has 138 valence electrons. The maximum atomic E-state index is 13.1. The summed E-state index contributed by atoms with van der Waals surface area (Å²) < 4.78 is 37.9. The molecule has 0 aliphatic carbocycles. The highest BCUT2D eigenvalue weighted by molar-refractivity contribution is 7.89. The maximum absolute atomic E-state index is 13.1. The standard InChI is InChI=1S/C18H21N3O4S/c1-24-17-9-8-16(13-18(17)25-2)26(22,23)21(12-6-4-10-19)14-15-7-3-5-11-20-15/h3,5,7-9,11,13H,4,6,12,14H2,1-2H3. The van der Waals surface area contributed by atoms with Crippen molar-refractivity contribution in [3.8, 4) is 17.6 Å². The van der Waals surface area contributed by atoms with E-state index in [9.17, 15) is 8.42 Å². The quantitative estimate of drug-likeness (QED) is 0.626. The lowest BCUT2D eigenvalue weighted by Crippen LogP contribution is -2.32. The molecule has 0 fully saturated rings. The lowest BCUT2D eigenvalue weighted by molar-refractivity contribution is 0.353. The third-order valence-corrected chi connectivity index (χ3v) is 5.59. The van der Waals surface area contributed by atoms with Crippen LogP contribution in [0.3, 0.4) is 0 Å². The van der Waals surface area contributed by atoms with Crippen LogP contribution in [0.4, 0.5) is 0 Å². The summed E-state index contributed by atoms with van der Waals surface area (Å²) in [6.45, 7) is 0.351. The average molecular weight is 375 g/mol. The van der Waals surface area contributed by atoms with E-state index < -0.39 is 10.0 Å². The Bertz CT molecular complexity index is 864. The molecule has 1 aromatic carbocycles. The molecule has 7 nitrogen and oxygen atoms in total. The number of rotatable bonds is 9. The normalized spacial score (nSPS) is 11.2. The van der Waals surface area contributed by atoms with Crippen molar-refractivity contribution in [1.29, 1.82) is 5.26 Å². The van der Waals surface area contributed by atoms with Gasteiger partial charge < -0.3 is 9.47 Å². The molecule has 0 radical (unpaired) electrons. The van der Waals surface area contributed by atoms with E-state index in [0.29, 0.717) is 23.6 Å². The second kappa shape index (κ2) is 9.17. The van der Waals surface area contributed by atoms with Gasteiger partial charge in [0.1, 0.15) is 0 Å². The Labute approximate surface area is 153 Å². The minimum Gasteiger partial charge on any atom is -0.493 e. The predicted octanol–water partition coefficient (Wildman–Crippen LogP) is 2.59. The molecule has 0 spiro atoms. The molecule has 2 aromatic rings. The van der Waals surface area contributed by atoms with Gasteiger partial charge >= 0.3 is 0 Å². The summed E-state index contributed by atoms with van der Waals surface area (Å²) in [5.74, 6) is 0.788. The van der Waals surface area contributed by atoms with Crippen LogP contribution in [0.5, 0.6) is 11.5 Å². The number of pyridine rings is 1. The first-order chi connectivity index (χ1) is 12.5. The Morgan fingerprint density at radius 1 is 1.15 bits per heavy atom. The van der Waals surface area contributed by atoms with Crippen LogP contribution in [-0.4, -0.2) is 38.5 Å². The van der Waals surface area contributed by atoms with Crippen molar-refractivity contribution < 1.29 is 17.9 Å². The second-order valence-electron chi connectivity index (χ2n) is 5.44. The third-order valence-electron chi connectivity index (χ3n) is 3.75. The Balaban J connectivity index is 2.36. The van der Waals surface area contributed by atoms with Crippen LogP contribution in [0.2, 0.25) is 0 Å². The SMILES string of the molecule is COc1ccc(S(=O)(=O)N(CCCC#N)Cc2ccccn2)cc1OC. The molecule has 0 unspecified atom stereocenters. The summed E-state index contributed by atoms with van der Waals surface area (Å²) in [6.07, 6.45) is 2.34. The van der Waals surface area contributed by atoms with Crippen molar-refractivity contribution in [1.82, 2.24) is 9.29 Å². The van der Waals surface area contributed by atoms with Gasteiger partial charge in [-0.2, -0.15) is 9.57 Å². The number of benzene rings is 1. The van der Waals surface area contributed by atoms with Gasteiger partial charge in [0.2, 0.25) is 10.0 Å². The van der Waals surface area contributed by atoms with Crippen molar-refractivity contribution in [3.05, 3.63) is 48.3 Å².